The number of phenols is 1. The number of hydrogen-bond donors (Lipinski definition) is 2. The van der Waals surface area contributed by atoms with Crippen LogP contribution in [0.5, 0.6) is 5.75 Å². The monoisotopic (exact) mass is 399 g/mol. The maximum atomic E-state index is 12.8. The predicted octanol–water partition coefficient (Wildman–Crippen LogP) is 4.14. The fraction of sp³-hybridized carbons (Fsp3) is 0.609. The van der Waals surface area contributed by atoms with E-state index in [1.165, 1.54) is 0 Å². The van der Waals surface area contributed by atoms with Crippen LogP contribution in [0.4, 0.5) is 4.79 Å². The van der Waals surface area contributed by atoms with Gasteiger partial charge in [-0.2, -0.15) is 5.26 Å². The van der Waals surface area contributed by atoms with Gasteiger partial charge in [-0.15, -0.1) is 0 Å². The number of phenolic OH excluding ortho intramolecular Hbond substituents is 1. The van der Waals surface area contributed by atoms with Crippen molar-refractivity contribution in [2.75, 3.05) is 6.54 Å². The second-order valence-corrected chi connectivity index (χ2v) is 10.2. The van der Waals surface area contributed by atoms with Gasteiger partial charge in [-0.25, -0.2) is 4.79 Å². The van der Waals surface area contributed by atoms with Crippen molar-refractivity contribution in [3.63, 3.8) is 0 Å². The highest BCUT2D eigenvalue weighted by molar-refractivity contribution is 6.06. The van der Waals surface area contributed by atoms with Gasteiger partial charge in [0.15, 0.2) is 0 Å². The highest BCUT2D eigenvalue weighted by atomic mass is 16.3. The van der Waals surface area contributed by atoms with Crippen molar-refractivity contribution in [1.82, 2.24) is 10.2 Å². The Bertz CT molecular complexity index is 821. The van der Waals surface area contributed by atoms with Crippen LogP contribution >= 0.6 is 0 Å². The van der Waals surface area contributed by atoms with E-state index in [-0.39, 0.29) is 29.7 Å². The van der Waals surface area contributed by atoms with Crippen molar-refractivity contribution in [3.05, 3.63) is 28.8 Å². The van der Waals surface area contributed by atoms with Gasteiger partial charge in [0.2, 0.25) is 0 Å². The highest BCUT2D eigenvalue weighted by Crippen LogP contribution is 2.40. The SMILES string of the molecule is CC1(CCc2cc(C(C)(C)C)c(O)c(C(C)(C)C)c2)NC(=O)N(CCC#N)C1=O. The average molecular weight is 400 g/mol. The molecule has 1 unspecified atom stereocenters. The summed E-state index contributed by atoms with van der Waals surface area (Å²) in [7, 11) is 0. The van der Waals surface area contributed by atoms with E-state index in [1.807, 2.05) is 18.2 Å². The number of carbonyl (C=O) groups is 2. The first-order valence-electron chi connectivity index (χ1n) is 10.1. The number of rotatable bonds is 5. The molecule has 2 rings (SSSR count). The summed E-state index contributed by atoms with van der Waals surface area (Å²) in [6.45, 7) is 14.2. The molecule has 1 fully saturated rings. The molecule has 1 aliphatic rings. The number of aryl methyl sites for hydroxylation is 1. The number of aromatic hydroxyl groups is 1. The molecule has 0 radical (unpaired) electrons. The van der Waals surface area contributed by atoms with Crippen LogP contribution < -0.4 is 5.32 Å². The molecule has 0 spiro atoms. The zero-order chi connectivity index (χ0) is 22.2. The summed E-state index contributed by atoms with van der Waals surface area (Å²) >= 11 is 0. The largest absolute Gasteiger partial charge is 0.507 e. The molecule has 1 aromatic carbocycles. The van der Waals surface area contributed by atoms with Crippen LogP contribution in [0.15, 0.2) is 12.1 Å². The summed E-state index contributed by atoms with van der Waals surface area (Å²) < 4.78 is 0. The number of nitrogens with one attached hydrogen (secondary N) is 1. The summed E-state index contributed by atoms with van der Waals surface area (Å²) in [6.07, 6.45) is 1.15. The molecule has 1 aromatic rings. The smallest absolute Gasteiger partial charge is 0.325 e. The van der Waals surface area contributed by atoms with Gasteiger partial charge < -0.3 is 10.4 Å². The van der Waals surface area contributed by atoms with E-state index in [1.54, 1.807) is 6.92 Å². The molecular weight excluding hydrogens is 366 g/mol. The molecule has 0 saturated carbocycles. The standard InChI is InChI=1S/C23H33N3O3/c1-21(2,3)16-13-15(14-17(18(16)27)22(4,5)6)9-10-23(7)19(28)26(12-8-11-24)20(29)25-23/h13-14,27H,8-10,12H2,1-7H3,(H,25,29). The molecular formula is C23H33N3O3. The van der Waals surface area contributed by atoms with Gasteiger partial charge in [0.25, 0.3) is 5.91 Å². The summed E-state index contributed by atoms with van der Waals surface area (Å²) in [6, 6.07) is 5.53. The molecule has 0 aliphatic carbocycles. The Hall–Kier alpha value is -2.55. The Labute approximate surface area is 173 Å². The molecule has 158 valence electrons. The van der Waals surface area contributed by atoms with Crippen LogP contribution in [-0.2, 0) is 22.0 Å². The third-order valence-corrected chi connectivity index (χ3v) is 5.49. The second kappa shape index (κ2) is 7.70. The highest BCUT2D eigenvalue weighted by Gasteiger charge is 2.47. The number of amides is 3. The van der Waals surface area contributed by atoms with Crippen LogP contribution in [0.3, 0.4) is 0 Å². The van der Waals surface area contributed by atoms with Crippen molar-refractivity contribution >= 4 is 11.9 Å². The Kier molecular flexibility index (Phi) is 6.04. The topological polar surface area (TPSA) is 93.4 Å². The lowest BCUT2D eigenvalue weighted by Gasteiger charge is -2.29. The van der Waals surface area contributed by atoms with Crippen LogP contribution in [-0.4, -0.2) is 34.0 Å². The van der Waals surface area contributed by atoms with Crippen molar-refractivity contribution in [2.24, 2.45) is 0 Å². The zero-order valence-electron chi connectivity index (χ0n) is 18.6. The number of carbonyl (C=O) groups excluding carboxylic acids is 2. The summed E-state index contributed by atoms with van der Waals surface area (Å²) in [5.74, 6) is 0.0384. The molecule has 1 heterocycles. The summed E-state index contributed by atoms with van der Waals surface area (Å²) in [5, 5.41) is 22.4. The lowest BCUT2D eigenvalue weighted by molar-refractivity contribution is -0.130. The van der Waals surface area contributed by atoms with E-state index in [4.69, 9.17) is 5.26 Å². The maximum Gasteiger partial charge on any atom is 0.325 e. The van der Waals surface area contributed by atoms with Gasteiger partial charge in [0, 0.05) is 6.54 Å². The number of imide groups is 1. The van der Waals surface area contributed by atoms with Crippen molar-refractivity contribution in [3.8, 4) is 11.8 Å². The summed E-state index contributed by atoms with van der Waals surface area (Å²) in [4.78, 5) is 26.1. The van der Waals surface area contributed by atoms with E-state index in [2.05, 4.69) is 46.9 Å². The molecule has 1 saturated heterocycles. The Morgan fingerprint density at radius 1 is 1.10 bits per heavy atom. The van der Waals surface area contributed by atoms with Crippen LogP contribution in [0.2, 0.25) is 0 Å². The third-order valence-electron chi connectivity index (χ3n) is 5.49. The lowest BCUT2D eigenvalue weighted by Crippen LogP contribution is -2.44. The molecule has 3 amide bonds. The Balaban J connectivity index is 2.32. The molecule has 0 bridgehead atoms. The van der Waals surface area contributed by atoms with Gasteiger partial charge in [-0.3, -0.25) is 9.69 Å². The van der Waals surface area contributed by atoms with Gasteiger partial charge in [-0.1, -0.05) is 53.7 Å². The van der Waals surface area contributed by atoms with Crippen LogP contribution in [0.1, 0.15) is 78.0 Å². The minimum absolute atomic E-state index is 0.109. The average Bonchev–Trinajstić information content (AvgIpc) is 2.79. The van der Waals surface area contributed by atoms with Gasteiger partial charge >= 0.3 is 6.03 Å². The fourth-order valence-electron chi connectivity index (χ4n) is 3.66. The molecule has 0 aromatic heterocycles. The minimum Gasteiger partial charge on any atom is -0.507 e. The van der Waals surface area contributed by atoms with E-state index in [0.29, 0.717) is 18.6 Å². The molecule has 1 aliphatic heterocycles. The molecule has 29 heavy (non-hydrogen) atoms. The molecule has 6 nitrogen and oxygen atoms in total. The van der Waals surface area contributed by atoms with E-state index in [0.717, 1.165) is 21.6 Å². The maximum absolute atomic E-state index is 12.8. The first kappa shape index (κ1) is 22.7. The number of nitrogens with zero attached hydrogens (tertiary/aromatic N) is 2. The lowest BCUT2D eigenvalue weighted by atomic mass is 9.77. The minimum atomic E-state index is -0.992. The van der Waals surface area contributed by atoms with Gasteiger partial charge in [0.1, 0.15) is 11.3 Å². The Morgan fingerprint density at radius 2 is 1.62 bits per heavy atom. The number of hydrogen-bond acceptors (Lipinski definition) is 4. The first-order valence-corrected chi connectivity index (χ1v) is 10.1. The number of urea groups is 1. The summed E-state index contributed by atoms with van der Waals surface area (Å²) in [5.41, 5.74) is 1.33. The zero-order valence-corrected chi connectivity index (χ0v) is 18.6. The Morgan fingerprint density at radius 3 is 2.07 bits per heavy atom. The third kappa shape index (κ3) is 4.72. The van der Waals surface area contributed by atoms with Crippen LogP contribution in [0, 0.1) is 11.3 Å². The quantitative estimate of drug-likeness (QED) is 0.728. The molecule has 6 heteroatoms. The predicted molar refractivity (Wildman–Crippen MR) is 113 cm³/mol. The second-order valence-electron chi connectivity index (χ2n) is 10.2. The van der Waals surface area contributed by atoms with Gasteiger partial charge in [-0.05, 0) is 47.3 Å². The van der Waals surface area contributed by atoms with E-state index in [9.17, 15) is 14.7 Å². The molecule has 1 atom stereocenters. The normalized spacial score (nSPS) is 20.0. The number of nitriles is 1. The van der Waals surface area contributed by atoms with Gasteiger partial charge in [0.05, 0.1) is 12.5 Å². The molecule has 2 N–H and O–H groups in total. The van der Waals surface area contributed by atoms with Crippen LogP contribution in [0.25, 0.3) is 0 Å². The fourth-order valence-corrected chi connectivity index (χ4v) is 3.66. The van der Waals surface area contributed by atoms with Crippen molar-refractivity contribution < 1.29 is 14.7 Å². The first-order chi connectivity index (χ1) is 13.2. The van der Waals surface area contributed by atoms with Crippen molar-refractivity contribution in [2.45, 2.75) is 84.1 Å². The van der Waals surface area contributed by atoms with E-state index < -0.39 is 11.6 Å². The number of benzene rings is 1. The van der Waals surface area contributed by atoms with Crippen molar-refractivity contribution in [1.29, 1.82) is 5.26 Å². The van der Waals surface area contributed by atoms with E-state index >= 15 is 0 Å².